The van der Waals surface area contributed by atoms with Crippen LogP contribution in [0.2, 0.25) is 0 Å². The van der Waals surface area contributed by atoms with Crippen LogP contribution in [0.4, 0.5) is 5.69 Å². The average Bonchev–Trinajstić information content (AvgIpc) is 2.74. The van der Waals surface area contributed by atoms with Gasteiger partial charge in [0, 0.05) is 17.8 Å². The number of aryl methyl sites for hydroxylation is 1. The van der Waals surface area contributed by atoms with Crippen LogP contribution in [0.15, 0.2) is 41.0 Å². The maximum absolute atomic E-state index is 11.8. The van der Waals surface area contributed by atoms with E-state index in [1.54, 1.807) is 12.1 Å². The van der Waals surface area contributed by atoms with Gasteiger partial charge in [0.15, 0.2) is 5.76 Å². The number of benzene rings is 1. The second-order valence-electron chi connectivity index (χ2n) is 3.81. The van der Waals surface area contributed by atoms with E-state index in [1.165, 1.54) is 6.26 Å². The summed E-state index contributed by atoms with van der Waals surface area (Å²) in [6.07, 6.45) is 1.50. The summed E-state index contributed by atoms with van der Waals surface area (Å²) >= 11 is 0. The van der Waals surface area contributed by atoms with Crippen LogP contribution in [0.25, 0.3) is 0 Å². The third-order valence-corrected chi connectivity index (χ3v) is 2.56. The van der Waals surface area contributed by atoms with E-state index in [2.05, 4.69) is 5.32 Å². The predicted octanol–water partition coefficient (Wildman–Crippen LogP) is 2.10. The fraction of sp³-hybridized carbons (Fsp3) is 0.154. The van der Waals surface area contributed by atoms with Crippen molar-refractivity contribution in [2.75, 3.05) is 5.73 Å². The molecule has 1 amide bonds. The van der Waals surface area contributed by atoms with Gasteiger partial charge in [-0.05, 0) is 24.6 Å². The van der Waals surface area contributed by atoms with Gasteiger partial charge in [0.05, 0.1) is 6.26 Å². The summed E-state index contributed by atoms with van der Waals surface area (Å²) < 4.78 is 5.10. The number of anilines is 1. The molecule has 3 N–H and O–H groups in total. The summed E-state index contributed by atoms with van der Waals surface area (Å²) in [5, 5.41) is 2.77. The highest BCUT2D eigenvalue weighted by Gasteiger charge is 2.12. The molecular weight excluding hydrogens is 216 g/mol. The van der Waals surface area contributed by atoms with Crippen LogP contribution in [0, 0.1) is 6.92 Å². The summed E-state index contributed by atoms with van der Waals surface area (Å²) in [6.45, 7) is 2.22. The summed E-state index contributed by atoms with van der Waals surface area (Å²) in [4.78, 5) is 11.8. The van der Waals surface area contributed by atoms with Crippen molar-refractivity contribution < 1.29 is 9.21 Å². The Kier molecular flexibility index (Phi) is 3.14. The van der Waals surface area contributed by atoms with Crippen molar-refractivity contribution in [1.82, 2.24) is 5.32 Å². The Labute approximate surface area is 99.4 Å². The molecule has 4 heteroatoms. The Hall–Kier alpha value is -2.23. The minimum Gasteiger partial charge on any atom is -0.459 e. The van der Waals surface area contributed by atoms with Gasteiger partial charge in [-0.1, -0.05) is 18.2 Å². The first-order chi connectivity index (χ1) is 8.18. The van der Waals surface area contributed by atoms with Gasteiger partial charge in [-0.2, -0.15) is 0 Å². The van der Waals surface area contributed by atoms with Gasteiger partial charge in [0.2, 0.25) is 0 Å². The molecule has 1 aromatic heterocycles. The van der Waals surface area contributed by atoms with Crippen molar-refractivity contribution in [3.05, 3.63) is 53.5 Å². The molecule has 0 unspecified atom stereocenters. The molecule has 17 heavy (non-hydrogen) atoms. The van der Waals surface area contributed by atoms with E-state index in [-0.39, 0.29) is 5.91 Å². The zero-order chi connectivity index (χ0) is 12.3. The topological polar surface area (TPSA) is 68.3 Å². The molecular formula is C13H14N2O2. The maximum Gasteiger partial charge on any atom is 0.287 e. The van der Waals surface area contributed by atoms with E-state index in [0.717, 1.165) is 11.1 Å². The molecule has 0 fully saturated rings. The van der Waals surface area contributed by atoms with Crippen LogP contribution < -0.4 is 11.1 Å². The number of nitrogen functional groups attached to an aromatic ring is 1. The molecule has 0 atom stereocenters. The number of furan rings is 1. The van der Waals surface area contributed by atoms with Crippen LogP contribution >= 0.6 is 0 Å². The molecule has 2 rings (SSSR count). The van der Waals surface area contributed by atoms with E-state index in [1.807, 2.05) is 25.1 Å². The quantitative estimate of drug-likeness (QED) is 0.793. The second kappa shape index (κ2) is 4.74. The lowest BCUT2D eigenvalue weighted by Gasteiger charge is -2.06. The van der Waals surface area contributed by atoms with Gasteiger partial charge in [0.25, 0.3) is 5.91 Å². The highest BCUT2D eigenvalue weighted by atomic mass is 16.3. The van der Waals surface area contributed by atoms with Gasteiger partial charge in [-0.3, -0.25) is 4.79 Å². The number of hydrogen-bond acceptors (Lipinski definition) is 3. The molecule has 0 saturated carbocycles. The smallest absolute Gasteiger partial charge is 0.287 e. The molecule has 1 aromatic carbocycles. The number of carbonyl (C=O) groups is 1. The van der Waals surface area contributed by atoms with E-state index < -0.39 is 0 Å². The number of amides is 1. The van der Waals surface area contributed by atoms with Crippen molar-refractivity contribution >= 4 is 11.6 Å². The Morgan fingerprint density at radius 1 is 1.35 bits per heavy atom. The molecule has 0 saturated heterocycles. The van der Waals surface area contributed by atoms with E-state index in [9.17, 15) is 4.79 Å². The lowest BCUT2D eigenvalue weighted by atomic mass is 10.2. The van der Waals surface area contributed by atoms with Crippen LogP contribution in [0.3, 0.4) is 0 Å². The first-order valence-electron chi connectivity index (χ1n) is 5.34. The number of nitrogens with one attached hydrogen (secondary N) is 1. The fourth-order valence-electron chi connectivity index (χ4n) is 1.56. The molecule has 0 radical (unpaired) electrons. The second-order valence-corrected chi connectivity index (χ2v) is 3.81. The minimum atomic E-state index is -0.226. The van der Waals surface area contributed by atoms with E-state index in [0.29, 0.717) is 18.0 Å². The third-order valence-electron chi connectivity index (χ3n) is 2.56. The maximum atomic E-state index is 11.8. The molecule has 0 aliphatic rings. The van der Waals surface area contributed by atoms with Gasteiger partial charge >= 0.3 is 0 Å². The van der Waals surface area contributed by atoms with Crippen molar-refractivity contribution in [3.63, 3.8) is 0 Å². The zero-order valence-corrected chi connectivity index (χ0v) is 9.57. The number of nitrogens with two attached hydrogens (primary N) is 1. The number of para-hydroxylation sites is 1. The van der Waals surface area contributed by atoms with Gasteiger partial charge in [0.1, 0.15) is 0 Å². The molecule has 88 valence electrons. The first kappa shape index (κ1) is 11.3. The molecule has 0 bridgehead atoms. The Bertz CT molecular complexity index is 532. The number of hydrogen-bond donors (Lipinski definition) is 2. The largest absolute Gasteiger partial charge is 0.459 e. The monoisotopic (exact) mass is 230 g/mol. The average molecular weight is 230 g/mol. The van der Waals surface area contributed by atoms with Crippen molar-refractivity contribution in [1.29, 1.82) is 0 Å². The predicted molar refractivity (Wildman–Crippen MR) is 65.5 cm³/mol. The Morgan fingerprint density at radius 2 is 2.12 bits per heavy atom. The first-order valence-corrected chi connectivity index (χ1v) is 5.34. The highest BCUT2D eigenvalue weighted by molar-refractivity contribution is 5.92. The molecule has 1 heterocycles. The fourth-order valence-corrected chi connectivity index (χ4v) is 1.56. The standard InChI is InChI=1S/C13H14N2O2/c1-9-6-7-17-12(9)13(16)15-8-10-4-2-3-5-11(10)14/h2-7H,8,14H2,1H3,(H,15,16). The van der Waals surface area contributed by atoms with Gasteiger partial charge in [-0.15, -0.1) is 0 Å². The summed E-state index contributed by atoms with van der Waals surface area (Å²) in [5.74, 6) is 0.121. The van der Waals surface area contributed by atoms with Crippen LogP contribution in [-0.4, -0.2) is 5.91 Å². The van der Waals surface area contributed by atoms with Crippen LogP contribution in [0.1, 0.15) is 21.7 Å². The SMILES string of the molecule is Cc1ccoc1C(=O)NCc1ccccc1N. The van der Waals surface area contributed by atoms with Crippen LogP contribution in [-0.2, 0) is 6.54 Å². The van der Waals surface area contributed by atoms with Crippen molar-refractivity contribution in [3.8, 4) is 0 Å². The lowest BCUT2D eigenvalue weighted by molar-refractivity contribution is 0.0922. The summed E-state index contributed by atoms with van der Waals surface area (Å²) in [5.41, 5.74) is 8.17. The summed E-state index contributed by atoms with van der Waals surface area (Å²) in [6, 6.07) is 9.18. The van der Waals surface area contributed by atoms with Gasteiger partial charge in [-0.25, -0.2) is 0 Å². The van der Waals surface area contributed by atoms with E-state index >= 15 is 0 Å². The molecule has 0 aliphatic heterocycles. The minimum absolute atomic E-state index is 0.226. The van der Waals surface area contributed by atoms with Crippen LogP contribution in [0.5, 0.6) is 0 Å². The molecule has 2 aromatic rings. The molecule has 0 aliphatic carbocycles. The molecule has 0 spiro atoms. The number of carbonyl (C=O) groups excluding carboxylic acids is 1. The van der Waals surface area contributed by atoms with E-state index in [4.69, 9.17) is 10.2 Å². The normalized spacial score (nSPS) is 10.2. The summed E-state index contributed by atoms with van der Waals surface area (Å²) in [7, 11) is 0. The van der Waals surface area contributed by atoms with Crippen molar-refractivity contribution in [2.24, 2.45) is 0 Å². The zero-order valence-electron chi connectivity index (χ0n) is 9.57. The van der Waals surface area contributed by atoms with Gasteiger partial charge < -0.3 is 15.5 Å². The molecule has 4 nitrogen and oxygen atoms in total. The third kappa shape index (κ3) is 2.47. The highest BCUT2D eigenvalue weighted by Crippen LogP contribution is 2.11. The Balaban J connectivity index is 2.02. The van der Waals surface area contributed by atoms with Crippen molar-refractivity contribution in [2.45, 2.75) is 13.5 Å². The lowest BCUT2D eigenvalue weighted by Crippen LogP contribution is -2.23. The Morgan fingerprint density at radius 3 is 2.76 bits per heavy atom. The number of rotatable bonds is 3.